The zero-order valence-corrected chi connectivity index (χ0v) is 19.9. The zero-order valence-electron chi connectivity index (χ0n) is 19.1. The van der Waals surface area contributed by atoms with Gasteiger partial charge in [-0.15, -0.1) is 11.8 Å². The van der Waals surface area contributed by atoms with Crippen molar-refractivity contribution in [1.82, 2.24) is 0 Å². The fourth-order valence-electron chi connectivity index (χ4n) is 4.02. The molecule has 1 N–H and O–H groups in total. The van der Waals surface area contributed by atoms with E-state index in [0.29, 0.717) is 18.2 Å². The molecule has 34 heavy (non-hydrogen) atoms. The monoisotopic (exact) mass is 469 g/mol. The first-order valence-corrected chi connectivity index (χ1v) is 12.5. The number of benzene rings is 3. The molecule has 0 radical (unpaired) electrons. The van der Waals surface area contributed by atoms with E-state index in [1.165, 1.54) is 0 Å². The van der Waals surface area contributed by atoms with Crippen LogP contribution in [0, 0.1) is 0 Å². The van der Waals surface area contributed by atoms with Crippen molar-refractivity contribution in [2.24, 2.45) is 0 Å². The largest absolute Gasteiger partial charge is 0.497 e. The number of hydrogen-bond donors (Lipinski definition) is 1. The van der Waals surface area contributed by atoms with Crippen LogP contribution in [0.15, 0.2) is 99.0 Å². The molecule has 0 spiro atoms. The van der Waals surface area contributed by atoms with Crippen molar-refractivity contribution in [3.8, 4) is 16.9 Å². The molecule has 0 saturated heterocycles. The van der Waals surface area contributed by atoms with Crippen LogP contribution in [0.2, 0.25) is 0 Å². The summed E-state index contributed by atoms with van der Waals surface area (Å²) in [6.45, 7) is 0.493. The number of hydrogen-bond acceptors (Lipinski definition) is 5. The number of methoxy groups -OCH3 is 1. The molecule has 4 nitrogen and oxygen atoms in total. The Bertz CT molecular complexity index is 1290. The molecular formula is C29H27NO3S. The Kier molecular flexibility index (Phi) is 6.72. The van der Waals surface area contributed by atoms with E-state index in [0.717, 1.165) is 57.4 Å². The molecule has 1 aliphatic carbocycles. The summed E-state index contributed by atoms with van der Waals surface area (Å²) in [7, 11) is 1.67. The van der Waals surface area contributed by atoms with Gasteiger partial charge in [0, 0.05) is 22.2 Å². The van der Waals surface area contributed by atoms with Crippen LogP contribution in [-0.4, -0.2) is 7.11 Å². The molecule has 3 aromatic carbocycles. The van der Waals surface area contributed by atoms with E-state index in [-0.39, 0.29) is 5.43 Å². The lowest BCUT2D eigenvalue weighted by atomic mass is 10.1. The molecule has 0 bridgehead atoms. The molecule has 1 fully saturated rings. The third kappa shape index (κ3) is 5.37. The molecule has 5 rings (SSSR count). The van der Waals surface area contributed by atoms with Crippen LogP contribution in [0.4, 0.5) is 5.69 Å². The van der Waals surface area contributed by atoms with Crippen molar-refractivity contribution in [3.05, 3.63) is 112 Å². The number of nitrogens with one attached hydrogen (secondary N) is 1. The fraction of sp³-hybridized carbons (Fsp3) is 0.207. The summed E-state index contributed by atoms with van der Waals surface area (Å²) in [6.07, 6.45) is 2.12. The maximum Gasteiger partial charge on any atom is 0.188 e. The lowest BCUT2D eigenvalue weighted by Crippen LogP contribution is -2.14. The first kappa shape index (κ1) is 22.4. The van der Waals surface area contributed by atoms with Gasteiger partial charge in [0.2, 0.25) is 0 Å². The van der Waals surface area contributed by atoms with Gasteiger partial charge in [-0.3, -0.25) is 4.79 Å². The lowest BCUT2D eigenvalue weighted by molar-refractivity contribution is 0.415. The third-order valence-electron chi connectivity index (χ3n) is 5.98. The minimum atomic E-state index is 0.101. The van der Waals surface area contributed by atoms with E-state index >= 15 is 0 Å². The van der Waals surface area contributed by atoms with Crippen LogP contribution < -0.4 is 15.5 Å². The highest BCUT2D eigenvalue weighted by molar-refractivity contribution is 7.98. The topological polar surface area (TPSA) is 51.5 Å². The number of thioether (sulfide) groups is 1. The van der Waals surface area contributed by atoms with Crippen LogP contribution in [-0.2, 0) is 12.3 Å². The molecule has 5 heteroatoms. The van der Waals surface area contributed by atoms with Gasteiger partial charge >= 0.3 is 0 Å². The predicted molar refractivity (Wildman–Crippen MR) is 139 cm³/mol. The predicted octanol–water partition coefficient (Wildman–Crippen LogP) is 7.10. The normalized spacial score (nSPS) is 13.0. The highest BCUT2D eigenvalue weighted by atomic mass is 32.2. The van der Waals surface area contributed by atoms with Crippen molar-refractivity contribution in [1.29, 1.82) is 0 Å². The Labute approximate surface area is 204 Å². The molecule has 0 aliphatic heterocycles. The second kappa shape index (κ2) is 10.2. The minimum absolute atomic E-state index is 0.101. The van der Waals surface area contributed by atoms with Gasteiger partial charge in [0.15, 0.2) is 5.43 Å². The maximum atomic E-state index is 12.9. The van der Waals surface area contributed by atoms with Crippen molar-refractivity contribution in [2.45, 2.75) is 36.0 Å². The molecule has 4 aromatic rings. The second-order valence-electron chi connectivity index (χ2n) is 8.45. The van der Waals surface area contributed by atoms with Gasteiger partial charge in [-0.25, -0.2) is 0 Å². The van der Waals surface area contributed by atoms with Crippen molar-refractivity contribution < 1.29 is 9.15 Å². The van der Waals surface area contributed by atoms with Crippen molar-refractivity contribution in [3.63, 3.8) is 0 Å². The van der Waals surface area contributed by atoms with E-state index in [4.69, 9.17) is 9.15 Å². The van der Waals surface area contributed by atoms with E-state index in [2.05, 4.69) is 53.8 Å². The van der Waals surface area contributed by atoms with Crippen molar-refractivity contribution in [2.75, 3.05) is 12.4 Å². The van der Waals surface area contributed by atoms with E-state index in [9.17, 15) is 4.79 Å². The summed E-state index contributed by atoms with van der Waals surface area (Å²) < 4.78 is 11.5. The summed E-state index contributed by atoms with van der Waals surface area (Å²) in [5, 5.41) is 3.45. The summed E-state index contributed by atoms with van der Waals surface area (Å²) in [4.78, 5) is 14.1. The Hall–Kier alpha value is -3.44. The van der Waals surface area contributed by atoms with Gasteiger partial charge in [-0.2, -0.15) is 0 Å². The average molecular weight is 470 g/mol. The minimum Gasteiger partial charge on any atom is -0.497 e. The highest BCUT2D eigenvalue weighted by Crippen LogP contribution is 2.40. The van der Waals surface area contributed by atoms with E-state index in [1.807, 2.05) is 30.3 Å². The highest BCUT2D eigenvalue weighted by Gasteiger charge is 2.30. The molecule has 1 aromatic heterocycles. The fourth-order valence-corrected chi connectivity index (χ4v) is 4.83. The second-order valence-corrected chi connectivity index (χ2v) is 9.50. The van der Waals surface area contributed by atoms with Crippen LogP contribution in [0.5, 0.6) is 5.75 Å². The SMILES string of the molecule is COc1ccc(-c2ccc(NCc3oc(CSc4ccccc4)cc(=O)c3C3CC3)cc2)cc1. The van der Waals surface area contributed by atoms with Gasteiger partial charge in [0.25, 0.3) is 0 Å². The molecule has 1 aliphatic rings. The Morgan fingerprint density at radius 1 is 0.941 bits per heavy atom. The quantitative estimate of drug-likeness (QED) is 0.265. The van der Waals surface area contributed by atoms with E-state index < -0.39 is 0 Å². The molecular weight excluding hydrogens is 442 g/mol. The molecule has 0 amide bonds. The molecule has 1 saturated carbocycles. The summed E-state index contributed by atoms with van der Waals surface area (Å²) in [6, 6.07) is 28.2. The zero-order chi connectivity index (χ0) is 23.3. The van der Waals surface area contributed by atoms with Crippen LogP contribution >= 0.6 is 11.8 Å². The van der Waals surface area contributed by atoms with E-state index in [1.54, 1.807) is 24.9 Å². The van der Waals surface area contributed by atoms with Crippen LogP contribution in [0.25, 0.3) is 11.1 Å². The Morgan fingerprint density at radius 3 is 2.26 bits per heavy atom. The molecule has 172 valence electrons. The number of ether oxygens (including phenoxy) is 1. The standard InChI is InChI=1S/C29H27NO3S/c1-32-24-15-11-21(12-16-24)20-9-13-23(14-10-20)30-18-28-29(22-7-8-22)27(31)17-25(33-28)19-34-26-5-3-2-4-6-26/h2-6,9-17,22,30H,7-8,18-19H2,1H3. The number of rotatable bonds is 9. The summed E-state index contributed by atoms with van der Waals surface area (Å²) >= 11 is 1.68. The Morgan fingerprint density at radius 2 is 1.62 bits per heavy atom. The van der Waals surface area contributed by atoms with Gasteiger partial charge in [-0.1, -0.05) is 42.5 Å². The smallest absolute Gasteiger partial charge is 0.188 e. The van der Waals surface area contributed by atoms with Gasteiger partial charge in [0.05, 0.1) is 19.4 Å². The molecule has 0 unspecified atom stereocenters. The maximum absolute atomic E-state index is 12.9. The average Bonchev–Trinajstić information content (AvgIpc) is 3.72. The summed E-state index contributed by atoms with van der Waals surface area (Å²) in [5.41, 5.74) is 4.21. The number of anilines is 1. The first-order valence-electron chi connectivity index (χ1n) is 11.5. The van der Waals surface area contributed by atoms with Gasteiger partial charge in [0.1, 0.15) is 17.3 Å². The van der Waals surface area contributed by atoms with Gasteiger partial charge in [-0.05, 0) is 66.3 Å². The van der Waals surface area contributed by atoms with Crippen molar-refractivity contribution >= 4 is 17.4 Å². The Balaban J connectivity index is 1.30. The lowest BCUT2D eigenvalue weighted by Gasteiger charge is -2.12. The van der Waals surface area contributed by atoms with Crippen LogP contribution in [0.1, 0.15) is 35.8 Å². The first-order chi connectivity index (χ1) is 16.7. The van der Waals surface area contributed by atoms with Crippen LogP contribution in [0.3, 0.4) is 0 Å². The third-order valence-corrected chi connectivity index (χ3v) is 7.02. The van der Waals surface area contributed by atoms with Gasteiger partial charge < -0.3 is 14.5 Å². The molecule has 0 atom stereocenters. The molecule has 1 heterocycles. The summed E-state index contributed by atoms with van der Waals surface area (Å²) in [5.74, 6) is 3.29.